The highest BCUT2D eigenvalue weighted by Crippen LogP contribution is 2.40. The van der Waals surface area contributed by atoms with Gasteiger partial charge in [0.05, 0.1) is 22.0 Å². The molecule has 114 valence electrons. The first kappa shape index (κ1) is 15.8. The van der Waals surface area contributed by atoms with E-state index in [1.54, 1.807) is 0 Å². The molecule has 20 heavy (non-hydrogen) atoms. The highest BCUT2D eigenvalue weighted by molar-refractivity contribution is 6.31. The second-order valence-electron chi connectivity index (χ2n) is 6.32. The second kappa shape index (κ2) is 6.07. The van der Waals surface area contributed by atoms with Crippen LogP contribution in [0.1, 0.15) is 58.3 Å². The van der Waals surface area contributed by atoms with Crippen molar-refractivity contribution < 1.29 is 5.11 Å². The minimum atomic E-state index is -0.640. The van der Waals surface area contributed by atoms with E-state index in [4.69, 9.17) is 11.6 Å². The molecule has 1 saturated carbocycles. The number of halogens is 1. The fourth-order valence-corrected chi connectivity index (χ4v) is 3.80. The Bertz CT molecular complexity index is 471. The second-order valence-corrected chi connectivity index (χ2v) is 6.69. The highest BCUT2D eigenvalue weighted by Gasteiger charge is 2.41. The first-order valence-corrected chi connectivity index (χ1v) is 8.27. The molecular formula is C16H27ClN2O. The Labute approximate surface area is 127 Å². The van der Waals surface area contributed by atoms with E-state index in [1.807, 2.05) is 4.68 Å². The number of aliphatic hydroxyl groups is 1. The molecule has 0 amide bonds. The van der Waals surface area contributed by atoms with Crippen molar-refractivity contribution in [2.45, 2.75) is 71.9 Å². The molecule has 3 atom stereocenters. The van der Waals surface area contributed by atoms with E-state index in [0.29, 0.717) is 18.3 Å². The molecule has 1 N–H and O–H groups in total. The molecule has 0 saturated heterocycles. The summed E-state index contributed by atoms with van der Waals surface area (Å²) in [5.41, 5.74) is 1.32. The molecule has 2 rings (SSSR count). The van der Waals surface area contributed by atoms with Crippen LogP contribution < -0.4 is 0 Å². The van der Waals surface area contributed by atoms with Gasteiger partial charge in [-0.2, -0.15) is 5.10 Å². The van der Waals surface area contributed by atoms with Crippen molar-refractivity contribution in [3.8, 4) is 0 Å². The summed E-state index contributed by atoms with van der Waals surface area (Å²) < 4.78 is 1.96. The van der Waals surface area contributed by atoms with Crippen LogP contribution in [0, 0.1) is 11.8 Å². The molecule has 0 aromatic carbocycles. The molecule has 1 aromatic rings. The average molecular weight is 299 g/mol. The third-order valence-electron chi connectivity index (χ3n) is 5.14. The van der Waals surface area contributed by atoms with Gasteiger partial charge >= 0.3 is 0 Å². The number of aromatic nitrogens is 2. The van der Waals surface area contributed by atoms with Crippen molar-refractivity contribution in [3.05, 3.63) is 16.4 Å². The molecule has 0 spiro atoms. The molecule has 0 radical (unpaired) electrons. The van der Waals surface area contributed by atoms with E-state index >= 15 is 0 Å². The van der Waals surface area contributed by atoms with E-state index in [2.05, 4.69) is 32.8 Å². The Morgan fingerprint density at radius 2 is 2.10 bits per heavy atom. The predicted octanol–water partition coefficient (Wildman–Crippen LogP) is 3.85. The first-order chi connectivity index (χ1) is 9.42. The van der Waals surface area contributed by atoms with Crippen molar-refractivity contribution in [2.75, 3.05) is 0 Å². The zero-order chi connectivity index (χ0) is 14.9. The summed E-state index contributed by atoms with van der Waals surface area (Å²) in [6, 6.07) is 0. The van der Waals surface area contributed by atoms with E-state index in [-0.39, 0.29) is 0 Å². The van der Waals surface area contributed by atoms with Gasteiger partial charge in [0.25, 0.3) is 0 Å². The summed E-state index contributed by atoms with van der Waals surface area (Å²) >= 11 is 6.48. The predicted molar refractivity (Wildman–Crippen MR) is 83.1 cm³/mol. The summed E-state index contributed by atoms with van der Waals surface area (Å²) in [5.74, 6) is 0.869. The Balaban J connectivity index is 2.31. The van der Waals surface area contributed by atoms with Crippen molar-refractivity contribution in [1.29, 1.82) is 0 Å². The van der Waals surface area contributed by atoms with Crippen LogP contribution >= 0.6 is 11.6 Å². The minimum Gasteiger partial charge on any atom is -0.389 e. The highest BCUT2D eigenvalue weighted by atomic mass is 35.5. The molecule has 1 heterocycles. The molecule has 1 aromatic heterocycles. The van der Waals surface area contributed by atoms with Gasteiger partial charge in [-0.15, -0.1) is 0 Å². The SMILES string of the molecule is CCc1nn(CC)c(CC2(O)CCCC(C)C2C)c1Cl. The van der Waals surface area contributed by atoms with Crippen LogP contribution in [-0.4, -0.2) is 20.5 Å². The molecule has 4 heteroatoms. The quantitative estimate of drug-likeness (QED) is 0.917. The van der Waals surface area contributed by atoms with Gasteiger partial charge in [-0.3, -0.25) is 4.68 Å². The normalized spacial score (nSPS) is 30.7. The number of rotatable bonds is 4. The lowest BCUT2D eigenvalue weighted by Gasteiger charge is -2.42. The lowest BCUT2D eigenvalue weighted by atomic mass is 9.69. The van der Waals surface area contributed by atoms with Gasteiger partial charge in [-0.1, -0.05) is 45.2 Å². The van der Waals surface area contributed by atoms with Crippen LogP contribution in [0.25, 0.3) is 0 Å². The maximum absolute atomic E-state index is 11.1. The molecule has 3 nitrogen and oxygen atoms in total. The van der Waals surface area contributed by atoms with Gasteiger partial charge in [0.15, 0.2) is 0 Å². The number of nitrogens with zero attached hydrogens (tertiary/aromatic N) is 2. The minimum absolute atomic E-state index is 0.303. The van der Waals surface area contributed by atoms with E-state index < -0.39 is 5.60 Å². The number of hydrogen-bond acceptors (Lipinski definition) is 2. The monoisotopic (exact) mass is 298 g/mol. The van der Waals surface area contributed by atoms with Crippen LogP contribution in [0.5, 0.6) is 0 Å². The van der Waals surface area contributed by atoms with Crippen LogP contribution in [0.4, 0.5) is 0 Å². The largest absolute Gasteiger partial charge is 0.389 e. The standard InChI is InChI=1S/C16H27ClN2O/c1-5-13-15(17)14(19(6-2)18-13)10-16(20)9-7-8-11(3)12(16)4/h11-12,20H,5-10H2,1-4H3. The summed E-state index contributed by atoms with van der Waals surface area (Å²) in [7, 11) is 0. The Morgan fingerprint density at radius 1 is 1.40 bits per heavy atom. The van der Waals surface area contributed by atoms with Crippen LogP contribution in [0.2, 0.25) is 5.02 Å². The van der Waals surface area contributed by atoms with Crippen LogP contribution in [-0.2, 0) is 19.4 Å². The topological polar surface area (TPSA) is 38.0 Å². The van der Waals surface area contributed by atoms with Crippen LogP contribution in [0.15, 0.2) is 0 Å². The number of aryl methyl sites for hydroxylation is 2. The molecule has 1 fully saturated rings. The summed E-state index contributed by atoms with van der Waals surface area (Å²) in [5, 5.41) is 16.4. The van der Waals surface area contributed by atoms with Gasteiger partial charge < -0.3 is 5.11 Å². The molecule has 1 aliphatic rings. The maximum Gasteiger partial charge on any atom is 0.0850 e. The number of hydrogen-bond donors (Lipinski definition) is 1. The van der Waals surface area contributed by atoms with Gasteiger partial charge in [0, 0.05) is 13.0 Å². The van der Waals surface area contributed by atoms with Gasteiger partial charge in [-0.25, -0.2) is 0 Å². The molecule has 0 aliphatic heterocycles. The van der Waals surface area contributed by atoms with Gasteiger partial charge in [0.1, 0.15) is 0 Å². The van der Waals surface area contributed by atoms with E-state index in [9.17, 15) is 5.11 Å². The fraction of sp³-hybridized carbons (Fsp3) is 0.812. The van der Waals surface area contributed by atoms with Gasteiger partial charge in [0.2, 0.25) is 0 Å². The van der Waals surface area contributed by atoms with E-state index in [1.165, 1.54) is 6.42 Å². The summed E-state index contributed by atoms with van der Waals surface area (Å²) in [6.45, 7) is 9.35. The van der Waals surface area contributed by atoms with E-state index in [0.717, 1.165) is 42.2 Å². The third-order valence-corrected chi connectivity index (χ3v) is 5.57. The smallest absolute Gasteiger partial charge is 0.0850 e. The Hall–Kier alpha value is -0.540. The Kier molecular flexibility index (Phi) is 4.80. The summed E-state index contributed by atoms with van der Waals surface area (Å²) in [4.78, 5) is 0. The molecular weight excluding hydrogens is 272 g/mol. The zero-order valence-corrected chi connectivity index (χ0v) is 13.9. The first-order valence-electron chi connectivity index (χ1n) is 7.89. The molecule has 3 unspecified atom stereocenters. The van der Waals surface area contributed by atoms with Crippen molar-refractivity contribution in [1.82, 2.24) is 9.78 Å². The maximum atomic E-state index is 11.1. The average Bonchev–Trinajstić information content (AvgIpc) is 2.72. The summed E-state index contributed by atoms with van der Waals surface area (Å²) in [6.07, 6.45) is 4.64. The third kappa shape index (κ3) is 2.75. The lowest BCUT2D eigenvalue weighted by Crippen LogP contribution is -2.45. The van der Waals surface area contributed by atoms with Crippen molar-refractivity contribution in [2.24, 2.45) is 11.8 Å². The molecule has 0 bridgehead atoms. The van der Waals surface area contributed by atoms with Crippen molar-refractivity contribution >= 4 is 11.6 Å². The fourth-order valence-electron chi connectivity index (χ4n) is 3.46. The van der Waals surface area contributed by atoms with Crippen molar-refractivity contribution in [3.63, 3.8) is 0 Å². The van der Waals surface area contributed by atoms with Crippen LogP contribution in [0.3, 0.4) is 0 Å². The molecule has 1 aliphatic carbocycles. The Morgan fingerprint density at radius 3 is 2.70 bits per heavy atom. The van der Waals surface area contributed by atoms with Gasteiger partial charge in [-0.05, 0) is 31.6 Å². The zero-order valence-electron chi connectivity index (χ0n) is 13.1. The lowest BCUT2D eigenvalue weighted by molar-refractivity contribution is -0.0633.